The molecule has 0 saturated heterocycles. The van der Waals surface area contributed by atoms with Gasteiger partial charge in [0.15, 0.2) is 0 Å². The average Bonchev–Trinajstić information content (AvgIpc) is 2.38. The molecule has 2 rings (SSSR count). The van der Waals surface area contributed by atoms with Gasteiger partial charge >= 0.3 is 0 Å². The third-order valence-electron chi connectivity index (χ3n) is 2.89. The van der Waals surface area contributed by atoms with Crippen molar-refractivity contribution in [3.63, 3.8) is 0 Å². The lowest BCUT2D eigenvalue weighted by atomic mass is 10.1. The Balaban J connectivity index is 2.17. The van der Waals surface area contributed by atoms with E-state index in [4.69, 9.17) is 0 Å². The van der Waals surface area contributed by atoms with Gasteiger partial charge in [0.05, 0.1) is 5.69 Å². The standard InChI is InChI=1S/C16H17N/c1-3-14-8-10-16(11-9-14)17-12-15-7-5-4-6-13(15)2/h4-12H,3H2,1-2H3. The van der Waals surface area contributed by atoms with Crippen molar-refractivity contribution in [1.82, 2.24) is 0 Å². The van der Waals surface area contributed by atoms with Gasteiger partial charge in [-0.25, -0.2) is 0 Å². The zero-order chi connectivity index (χ0) is 12.1. The van der Waals surface area contributed by atoms with Gasteiger partial charge in [0.25, 0.3) is 0 Å². The lowest BCUT2D eigenvalue weighted by Gasteiger charge is -1.99. The van der Waals surface area contributed by atoms with E-state index in [0.717, 1.165) is 12.1 Å². The van der Waals surface area contributed by atoms with Gasteiger partial charge < -0.3 is 0 Å². The summed E-state index contributed by atoms with van der Waals surface area (Å²) in [4.78, 5) is 4.49. The molecule has 0 amide bonds. The van der Waals surface area contributed by atoms with Gasteiger partial charge in [-0.3, -0.25) is 4.99 Å². The van der Waals surface area contributed by atoms with Crippen LogP contribution in [-0.2, 0) is 6.42 Å². The van der Waals surface area contributed by atoms with Crippen LogP contribution in [0, 0.1) is 6.92 Å². The predicted molar refractivity (Wildman–Crippen MR) is 74.3 cm³/mol. The van der Waals surface area contributed by atoms with Crippen molar-refractivity contribution in [2.24, 2.45) is 4.99 Å². The zero-order valence-corrected chi connectivity index (χ0v) is 10.4. The van der Waals surface area contributed by atoms with Gasteiger partial charge in [0, 0.05) is 6.21 Å². The molecule has 0 bridgehead atoms. The SMILES string of the molecule is CCc1ccc(N=Cc2ccccc2C)cc1. The van der Waals surface area contributed by atoms with E-state index in [1.807, 2.05) is 18.3 Å². The second-order valence-corrected chi connectivity index (χ2v) is 4.13. The third kappa shape index (κ3) is 3.04. The van der Waals surface area contributed by atoms with E-state index >= 15 is 0 Å². The quantitative estimate of drug-likeness (QED) is 0.688. The highest BCUT2D eigenvalue weighted by atomic mass is 14.7. The molecule has 0 fully saturated rings. The summed E-state index contributed by atoms with van der Waals surface area (Å²) >= 11 is 0. The Labute approximate surface area is 103 Å². The minimum absolute atomic E-state index is 1.01. The molecule has 0 aromatic heterocycles. The van der Waals surface area contributed by atoms with Crippen LogP contribution in [0.4, 0.5) is 5.69 Å². The fraction of sp³-hybridized carbons (Fsp3) is 0.188. The summed E-state index contributed by atoms with van der Waals surface area (Å²) in [6, 6.07) is 16.6. The van der Waals surface area contributed by atoms with Gasteiger partial charge in [0.2, 0.25) is 0 Å². The number of aryl methyl sites for hydroxylation is 2. The Kier molecular flexibility index (Phi) is 3.71. The number of aliphatic imine (C=N–C) groups is 1. The summed E-state index contributed by atoms with van der Waals surface area (Å²) in [6.07, 6.45) is 3.00. The summed E-state index contributed by atoms with van der Waals surface area (Å²) in [5, 5.41) is 0. The van der Waals surface area contributed by atoms with Crippen LogP contribution in [0.15, 0.2) is 53.5 Å². The molecule has 0 heterocycles. The molecular weight excluding hydrogens is 206 g/mol. The number of rotatable bonds is 3. The first-order valence-electron chi connectivity index (χ1n) is 5.98. The molecule has 0 aliphatic heterocycles. The van der Waals surface area contributed by atoms with Crippen molar-refractivity contribution < 1.29 is 0 Å². The normalized spacial score (nSPS) is 10.9. The Morgan fingerprint density at radius 1 is 1.00 bits per heavy atom. The van der Waals surface area contributed by atoms with Crippen LogP contribution >= 0.6 is 0 Å². The summed E-state index contributed by atoms with van der Waals surface area (Å²) in [6.45, 7) is 4.26. The topological polar surface area (TPSA) is 12.4 Å². The van der Waals surface area contributed by atoms with Crippen LogP contribution < -0.4 is 0 Å². The molecule has 0 saturated carbocycles. The molecule has 0 aliphatic rings. The van der Waals surface area contributed by atoms with Crippen molar-refractivity contribution in [1.29, 1.82) is 0 Å². The van der Waals surface area contributed by atoms with Gasteiger partial charge in [-0.15, -0.1) is 0 Å². The average molecular weight is 223 g/mol. The van der Waals surface area contributed by atoms with Crippen LogP contribution in [0.5, 0.6) is 0 Å². The van der Waals surface area contributed by atoms with Crippen molar-refractivity contribution in [2.75, 3.05) is 0 Å². The first-order chi connectivity index (χ1) is 8.29. The van der Waals surface area contributed by atoms with Gasteiger partial charge in [0.1, 0.15) is 0 Å². The Morgan fingerprint density at radius 3 is 2.35 bits per heavy atom. The van der Waals surface area contributed by atoms with E-state index < -0.39 is 0 Å². The fourth-order valence-electron chi connectivity index (χ4n) is 1.69. The lowest BCUT2D eigenvalue weighted by Crippen LogP contribution is -1.85. The maximum absolute atomic E-state index is 4.49. The molecule has 0 aliphatic carbocycles. The van der Waals surface area contributed by atoms with Crippen LogP contribution in [0.1, 0.15) is 23.6 Å². The fourth-order valence-corrected chi connectivity index (χ4v) is 1.69. The summed E-state index contributed by atoms with van der Waals surface area (Å²) in [7, 11) is 0. The van der Waals surface area contributed by atoms with E-state index in [-0.39, 0.29) is 0 Å². The minimum atomic E-state index is 1.01. The van der Waals surface area contributed by atoms with Crippen LogP contribution in [0.3, 0.4) is 0 Å². The molecule has 0 radical (unpaired) electrons. The second kappa shape index (κ2) is 5.44. The molecule has 2 aromatic rings. The molecule has 17 heavy (non-hydrogen) atoms. The molecule has 0 unspecified atom stereocenters. The largest absolute Gasteiger partial charge is 0.256 e. The van der Waals surface area contributed by atoms with Crippen molar-refractivity contribution >= 4 is 11.9 Å². The van der Waals surface area contributed by atoms with E-state index in [1.54, 1.807) is 0 Å². The molecule has 0 atom stereocenters. The van der Waals surface area contributed by atoms with E-state index in [1.165, 1.54) is 16.7 Å². The number of hydrogen-bond donors (Lipinski definition) is 0. The molecule has 0 N–H and O–H groups in total. The number of nitrogens with zero attached hydrogens (tertiary/aromatic N) is 1. The van der Waals surface area contributed by atoms with Gasteiger partial charge in [-0.2, -0.15) is 0 Å². The Morgan fingerprint density at radius 2 is 1.71 bits per heavy atom. The van der Waals surface area contributed by atoms with Gasteiger partial charge in [-0.05, 0) is 42.2 Å². The predicted octanol–water partition coefficient (Wildman–Crippen LogP) is 4.31. The first-order valence-corrected chi connectivity index (χ1v) is 5.98. The van der Waals surface area contributed by atoms with Crippen molar-refractivity contribution in [3.8, 4) is 0 Å². The highest BCUT2D eigenvalue weighted by Crippen LogP contribution is 2.14. The summed E-state index contributed by atoms with van der Waals surface area (Å²) < 4.78 is 0. The van der Waals surface area contributed by atoms with E-state index in [9.17, 15) is 0 Å². The number of benzene rings is 2. The Hall–Kier alpha value is -1.89. The highest BCUT2D eigenvalue weighted by Gasteiger charge is 1.93. The van der Waals surface area contributed by atoms with Gasteiger partial charge in [-0.1, -0.05) is 43.3 Å². The summed E-state index contributed by atoms with van der Waals surface area (Å²) in [5.74, 6) is 0. The highest BCUT2D eigenvalue weighted by molar-refractivity contribution is 5.83. The zero-order valence-electron chi connectivity index (χ0n) is 10.4. The van der Waals surface area contributed by atoms with Crippen LogP contribution in [0.2, 0.25) is 0 Å². The van der Waals surface area contributed by atoms with E-state index in [2.05, 4.69) is 55.2 Å². The second-order valence-electron chi connectivity index (χ2n) is 4.13. The van der Waals surface area contributed by atoms with Crippen molar-refractivity contribution in [2.45, 2.75) is 20.3 Å². The van der Waals surface area contributed by atoms with E-state index in [0.29, 0.717) is 0 Å². The summed E-state index contributed by atoms with van der Waals surface area (Å²) in [5.41, 5.74) is 4.78. The smallest absolute Gasteiger partial charge is 0.0630 e. The maximum Gasteiger partial charge on any atom is 0.0630 e. The molecule has 2 aromatic carbocycles. The number of hydrogen-bond acceptors (Lipinski definition) is 1. The van der Waals surface area contributed by atoms with Crippen molar-refractivity contribution in [3.05, 3.63) is 65.2 Å². The monoisotopic (exact) mass is 223 g/mol. The van der Waals surface area contributed by atoms with Crippen LogP contribution in [-0.4, -0.2) is 6.21 Å². The molecule has 1 heteroatoms. The third-order valence-corrected chi connectivity index (χ3v) is 2.89. The molecule has 0 spiro atoms. The molecular formula is C16H17N. The lowest BCUT2D eigenvalue weighted by molar-refractivity contribution is 1.14. The maximum atomic E-state index is 4.49. The molecule has 1 nitrogen and oxygen atoms in total. The minimum Gasteiger partial charge on any atom is -0.256 e. The molecule has 86 valence electrons. The van der Waals surface area contributed by atoms with Crippen LogP contribution in [0.25, 0.3) is 0 Å². The Bertz CT molecular complexity index is 509. The first kappa shape index (κ1) is 11.6.